The van der Waals surface area contributed by atoms with Gasteiger partial charge in [0.2, 0.25) is 0 Å². The lowest BCUT2D eigenvalue weighted by atomic mass is 9.95. The van der Waals surface area contributed by atoms with Crippen molar-refractivity contribution in [2.75, 3.05) is 24.5 Å². The minimum Gasteiger partial charge on any atom is -0.351 e. The number of nitrogens with zero attached hydrogens (tertiary/aromatic N) is 5. The number of pyridine rings is 1. The molecule has 1 saturated heterocycles. The molecule has 188 valence electrons. The van der Waals surface area contributed by atoms with Crippen molar-refractivity contribution in [2.45, 2.75) is 38.8 Å². The SMILES string of the molecule is Cc1cc(-c2cncc(F)c2)cc2c(N3CCc4ccc(C(=O)N5CCC(N)CC5)cc4C3)ncnc12. The number of benzene rings is 2. The zero-order valence-corrected chi connectivity index (χ0v) is 20.8. The number of hydrogen-bond donors (Lipinski definition) is 1. The van der Waals surface area contributed by atoms with Gasteiger partial charge < -0.3 is 15.5 Å². The number of piperidine rings is 1. The first-order chi connectivity index (χ1) is 18.0. The van der Waals surface area contributed by atoms with Gasteiger partial charge in [0, 0.05) is 54.9 Å². The molecule has 4 aromatic rings. The van der Waals surface area contributed by atoms with E-state index in [9.17, 15) is 9.18 Å². The summed E-state index contributed by atoms with van der Waals surface area (Å²) in [4.78, 5) is 30.6. The fourth-order valence-electron chi connectivity index (χ4n) is 5.48. The zero-order valence-electron chi connectivity index (χ0n) is 20.8. The number of fused-ring (bicyclic) bond motifs is 2. The molecule has 1 fully saturated rings. The number of anilines is 1. The van der Waals surface area contributed by atoms with E-state index >= 15 is 0 Å². The number of likely N-dealkylation sites (tertiary alicyclic amines) is 1. The lowest BCUT2D eigenvalue weighted by Gasteiger charge is -2.32. The number of rotatable bonds is 3. The Morgan fingerprint density at radius 2 is 1.84 bits per heavy atom. The summed E-state index contributed by atoms with van der Waals surface area (Å²) in [7, 11) is 0. The first-order valence-corrected chi connectivity index (χ1v) is 12.7. The summed E-state index contributed by atoms with van der Waals surface area (Å²) in [6, 6.07) is 11.8. The van der Waals surface area contributed by atoms with Gasteiger partial charge in [0.05, 0.1) is 11.7 Å². The zero-order chi connectivity index (χ0) is 25.5. The van der Waals surface area contributed by atoms with Crippen LogP contribution in [0.4, 0.5) is 10.2 Å². The highest BCUT2D eigenvalue weighted by molar-refractivity contribution is 5.96. The molecular weight excluding hydrogens is 467 g/mol. The van der Waals surface area contributed by atoms with Crippen molar-refractivity contribution in [1.29, 1.82) is 0 Å². The molecule has 0 unspecified atom stereocenters. The second kappa shape index (κ2) is 9.52. The quantitative estimate of drug-likeness (QED) is 0.456. The maximum Gasteiger partial charge on any atom is 0.253 e. The molecule has 0 spiro atoms. The Morgan fingerprint density at radius 3 is 2.65 bits per heavy atom. The van der Waals surface area contributed by atoms with E-state index in [-0.39, 0.29) is 17.8 Å². The fraction of sp³-hybridized carbons (Fsp3) is 0.310. The van der Waals surface area contributed by atoms with Crippen LogP contribution in [0.1, 0.15) is 39.9 Å². The number of hydrogen-bond acceptors (Lipinski definition) is 6. The molecule has 0 aliphatic carbocycles. The van der Waals surface area contributed by atoms with E-state index in [2.05, 4.69) is 25.9 Å². The molecule has 8 heteroatoms. The molecule has 2 N–H and O–H groups in total. The van der Waals surface area contributed by atoms with Gasteiger partial charge in [-0.15, -0.1) is 0 Å². The third-order valence-electron chi connectivity index (χ3n) is 7.54. The molecule has 7 nitrogen and oxygen atoms in total. The summed E-state index contributed by atoms with van der Waals surface area (Å²) in [6.45, 7) is 4.88. The lowest BCUT2D eigenvalue weighted by Crippen LogP contribution is -2.43. The van der Waals surface area contributed by atoms with Gasteiger partial charge in [-0.1, -0.05) is 6.07 Å². The maximum atomic E-state index is 13.9. The highest BCUT2D eigenvalue weighted by atomic mass is 19.1. The monoisotopic (exact) mass is 496 g/mol. The second-order valence-electron chi connectivity index (χ2n) is 10.1. The first-order valence-electron chi connectivity index (χ1n) is 12.7. The van der Waals surface area contributed by atoms with Gasteiger partial charge in [-0.05, 0) is 78.8 Å². The number of carbonyl (C=O) groups is 1. The van der Waals surface area contributed by atoms with E-state index in [1.165, 1.54) is 17.8 Å². The van der Waals surface area contributed by atoms with Gasteiger partial charge in [0.1, 0.15) is 18.0 Å². The molecule has 0 saturated carbocycles. The molecule has 1 amide bonds. The summed E-state index contributed by atoms with van der Waals surface area (Å²) < 4.78 is 13.9. The van der Waals surface area contributed by atoms with Crippen molar-refractivity contribution in [3.8, 4) is 11.1 Å². The van der Waals surface area contributed by atoms with Gasteiger partial charge >= 0.3 is 0 Å². The first kappa shape index (κ1) is 23.5. The summed E-state index contributed by atoms with van der Waals surface area (Å²) in [6.07, 6.45) is 7.02. The average molecular weight is 497 g/mol. The van der Waals surface area contributed by atoms with E-state index in [0.29, 0.717) is 25.2 Å². The van der Waals surface area contributed by atoms with Crippen molar-refractivity contribution in [1.82, 2.24) is 19.9 Å². The van der Waals surface area contributed by atoms with Gasteiger partial charge in [0.15, 0.2) is 0 Å². The summed E-state index contributed by atoms with van der Waals surface area (Å²) in [5, 5.41) is 0.919. The van der Waals surface area contributed by atoms with Crippen LogP contribution in [0.3, 0.4) is 0 Å². The Bertz CT molecular complexity index is 1500. The van der Waals surface area contributed by atoms with Gasteiger partial charge in [0.25, 0.3) is 5.91 Å². The van der Waals surface area contributed by atoms with Crippen LogP contribution in [0, 0.1) is 12.7 Å². The fourth-order valence-corrected chi connectivity index (χ4v) is 5.48. The smallest absolute Gasteiger partial charge is 0.253 e. The van der Waals surface area contributed by atoms with Crippen molar-refractivity contribution in [2.24, 2.45) is 5.73 Å². The normalized spacial score (nSPS) is 16.2. The third kappa shape index (κ3) is 4.53. The Hall–Kier alpha value is -3.91. The summed E-state index contributed by atoms with van der Waals surface area (Å²) in [5.41, 5.74) is 12.6. The van der Waals surface area contributed by atoms with E-state index in [4.69, 9.17) is 5.73 Å². The van der Waals surface area contributed by atoms with Crippen molar-refractivity contribution in [3.05, 3.63) is 83.2 Å². The molecule has 2 aliphatic heterocycles. The lowest BCUT2D eigenvalue weighted by molar-refractivity contribution is 0.0714. The Labute approximate surface area is 215 Å². The van der Waals surface area contributed by atoms with E-state index in [1.54, 1.807) is 12.5 Å². The number of halogens is 1. The number of aromatic nitrogens is 3. The maximum absolute atomic E-state index is 13.9. The van der Waals surface area contributed by atoms with Crippen molar-refractivity contribution in [3.63, 3.8) is 0 Å². The minimum absolute atomic E-state index is 0.0725. The minimum atomic E-state index is -0.370. The number of aryl methyl sites for hydroxylation is 1. The van der Waals surface area contributed by atoms with Crippen LogP contribution < -0.4 is 10.6 Å². The highest BCUT2D eigenvalue weighted by Crippen LogP contribution is 2.33. The van der Waals surface area contributed by atoms with E-state index in [1.807, 2.05) is 36.1 Å². The molecule has 2 aromatic heterocycles. The molecule has 0 radical (unpaired) electrons. The molecule has 0 atom stereocenters. The standard InChI is InChI=1S/C29H29FN6O/c1-18-10-21(22-12-24(30)15-32-14-22)13-26-27(18)33-17-34-28(26)36-7-4-19-2-3-20(11-23(19)16-36)29(37)35-8-5-25(31)6-9-35/h2-3,10-15,17,25H,4-9,16,31H2,1H3. The molecule has 0 bridgehead atoms. The Kier molecular flexibility index (Phi) is 6.04. The Morgan fingerprint density at radius 1 is 1.00 bits per heavy atom. The van der Waals surface area contributed by atoms with Crippen LogP contribution in [0.2, 0.25) is 0 Å². The molecule has 6 rings (SSSR count). The number of nitrogens with two attached hydrogens (primary N) is 1. The number of amides is 1. The van der Waals surface area contributed by atoms with Gasteiger partial charge in [-0.3, -0.25) is 9.78 Å². The summed E-state index contributed by atoms with van der Waals surface area (Å²) >= 11 is 0. The molecule has 4 heterocycles. The average Bonchev–Trinajstić information content (AvgIpc) is 2.92. The van der Waals surface area contributed by atoms with Gasteiger partial charge in [-0.25, -0.2) is 14.4 Å². The second-order valence-corrected chi connectivity index (χ2v) is 10.1. The van der Waals surface area contributed by atoms with Crippen LogP contribution in [0.5, 0.6) is 0 Å². The van der Waals surface area contributed by atoms with Crippen LogP contribution in [0.15, 0.2) is 55.1 Å². The van der Waals surface area contributed by atoms with Crippen LogP contribution >= 0.6 is 0 Å². The largest absolute Gasteiger partial charge is 0.351 e. The van der Waals surface area contributed by atoms with Crippen molar-refractivity contribution < 1.29 is 9.18 Å². The molecule has 37 heavy (non-hydrogen) atoms. The van der Waals surface area contributed by atoms with Gasteiger partial charge in [-0.2, -0.15) is 0 Å². The predicted octanol–water partition coefficient (Wildman–Crippen LogP) is 4.27. The topological polar surface area (TPSA) is 88.2 Å². The van der Waals surface area contributed by atoms with Crippen LogP contribution in [-0.2, 0) is 13.0 Å². The van der Waals surface area contributed by atoms with E-state index in [0.717, 1.165) is 64.8 Å². The van der Waals surface area contributed by atoms with Crippen molar-refractivity contribution >= 4 is 22.6 Å². The van der Waals surface area contributed by atoms with Crippen LogP contribution in [-0.4, -0.2) is 51.4 Å². The Balaban J connectivity index is 1.33. The third-order valence-corrected chi connectivity index (χ3v) is 7.54. The molecule has 2 aromatic carbocycles. The number of carbonyl (C=O) groups excluding carboxylic acids is 1. The summed E-state index contributed by atoms with van der Waals surface area (Å²) in [5.74, 6) is 0.542. The highest BCUT2D eigenvalue weighted by Gasteiger charge is 2.25. The van der Waals surface area contributed by atoms with Crippen LogP contribution in [0.25, 0.3) is 22.0 Å². The molecular formula is C29H29FN6O. The van der Waals surface area contributed by atoms with E-state index < -0.39 is 0 Å². The predicted molar refractivity (Wildman–Crippen MR) is 142 cm³/mol. The molecule has 2 aliphatic rings.